The highest BCUT2D eigenvalue weighted by Gasteiger charge is 2.20. The molecule has 0 spiro atoms. The van der Waals surface area contributed by atoms with Crippen molar-refractivity contribution < 1.29 is 14.7 Å². The standard InChI is InChI=1S/C24H29N3O3S/c1-3-4-5-6-13-25-20(24(29)30)15-22(28)26-18-10-8-17(9-11-18)23-27-19-12-7-16(2)14-21(19)31-23/h7-12,14,20,25H,3-6,13,15H2,1-2H3,(H,26,28)(H,29,30). The smallest absolute Gasteiger partial charge is 0.321 e. The molecule has 3 rings (SSSR count). The van der Waals surface area contributed by atoms with Crippen LogP contribution in [0.25, 0.3) is 20.8 Å². The van der Waals surface area contributed by atoms with Gasteiger partial charge in [0.05, 0.1) is 16.6 Å². The number of benzene rings is 2. The number of aryl methyl sites for hydroxylation is 1. The Hall–Kier alpha value is -2.77. The lowest BCUT2D eigenvalue weighted by Crippen LogP contribution is -2.40. The molecule has 0 saturated carbocycles. The Kier molecular flexibility index (Phi) is 8.14. The van der Waals surface area contributed by atoms with E-state index in [0.29, 0.717) is 12.2 Å². The van der Waals surface area contributed by atoms with E-state index in [1.54, 1.807) is 11.3 Å². The zero-order chi connectivity index (χ0) is 22.2. The van der Waals surface area contributed by atoms with Gasteiger partial charge in [-0.25, -0.2) is 4.98 Å². The lowest BCUT2D eigenvalue weighted by atomic mass is 10.1. The first kappa shape index (κ1) is 22.9. The third-order valence-corrected chi connectivity index (χ3v) is 6.14. The summed E-state index contributed by atoms with van der Waals surface area (Å²) in [7, 11) is 0. The lowest BCUT2D eigenvalue weighted by molar-refractivity contribution is -0.141. The Labute approximate surface area is 186 Å². The molecule has 0 bridgehead atoms. The zero-order valence-corrected chi connectivity index (χ0v) is 18.8. The minimum absolute atomic E-state index is 0.109. The van der Waals surface area contributed by atoms with Gasteiger partial charge in [0.15, 0.2) is 0 Å². The maximum absolute atomic E-state index is 12.3. The third kappa shape index (κ3) is 6.60. The monoisotopic (exact) mass is 439 g/mol. The van der Waals surface area contributed by atoms with Gasteiger partial charge in [0.25, 0.3) is 0 Å². The first-order valence-electron chi connectivity index (χ1n) is 10.7. The van der Waals surface area contributed by atoms with E-state index in [2.05, 4.69) is 41.6 Å². The molecule has 0 radical (unpaired) electrons. The lowest BCUT2D eigenvalue weighted by Gasteiger charge is -2.14. The number of carbonyl (C=O) groups excluding carboxylic acids is 1. The van der Waals surface area contributed by atoms with Gasteiger partial charge in [0, 0.05) is 11.3 Å². The molecule has 0 aliphatic heterocycles. The van der Waals surface area contributed by atoms with Crippen molar-refractivity contribution in [2.75, 3.05) is 11.9 Å². The second kappa shape index (κ2) is 11.0. The Morgan fingerprint density at radius 3 is 2.58 bits per heavy atom. The Morgan fingerprint density at radius 2 is 1.87 bits per heavy atom. The van der Waals surface area contributed by atoms with Gasteiger partial charge in [0.2, 0.25) is 5.91 Å². The summed E-state index contributed by atoms with van der Waals surface area (Å²) in [5, 5.41) is 16.1. The predicted octanol–water partition coefficient (Wildman–Crippen LogP) is 5.22. The maximum atomic E-state index is 12.3. The zero-order valence-electron chi connectivity index (χ0n) is 18.0. The van der Waals surface area contributed by atoms with E-state index < -0.39 is 12.0 Å². The van der Waals surface area contributed by atoms with Gasteiger partial charge < -0.3 is 15.7 Å². The van der Waals surface area contributed by atoms with Gasteiger partial charge in [-0.1, -0.05) is 32.3 Å². The van der Waals surface area contributed by atoms with Gasteiger partial charge in [-0.05, 0) is 61.9 Å². The molecule has 0 saturated heterocycles. The molecule has 1 amide bonds. The van der Waals surface area contributed by atoms with Gasteiger partial charge in [-0.2, -0.15) is 0 Å². The van der Waals surface area contributed by atoms with Crippen molar-refractivity contribution in [3.05, 3.63) is 48.0 Å². The van der Waals surface area contributed by atoms with Crippen molar-refractivity contribution >= 4 is 39.1 Å². The van der Waals surface area contributed by atoms with Crippen molar-refractivity contribution in [1.29, 1.82) is 0 Å². The Balaban J connectivity index is 1.56. The first-order valence-corrected chi connectivity index (χ1v) is 11.5. The third-order valence-electron chi connectivity index (χ3n) is 5.07. The average molecular weight is 440 g/mol. The molecule has 6 nitrogen and oxygen atoms in total. The number of hydrogen-bond donors (Lipinski definition) is 3. The minimum Gasteiger partial charge on any atom is -0.480 e. The highest BCUT2D eigenvalue weighted by molar-refractivity contribution is 7.21. The van der Waals surface area contributed by atoms with Crippen molar-refractivity contribution in [2.24, 2.45) is 0 Å². The predicted molar refractivity (Wildman–Crippen MR) is 127 cm³/mol. The Morgan fingerprint density at radius 1 is 1.10 bits per heavy atom. The summed E-state index contributed by atoms with van der Waals surface area (Å²) in [6, 6.07) is 12.8. The molecule has 2 aromatic carbocycles. The summed E-state index contributed by atoms with van der Waals surface area (Å²) >= 11 is 1.64. The van der Waals surface area contributed by atoms with Crippen LogP contribution in [0.5, 0.6) is 0 Å². The molecule has 1 heterocycles. The molecule has 1 atom stereocenters. The number of thiazole rings is 1. The number of aliphatic carboxylic acids is 1. The molecule has 31 heavy (non-hydrogen) atoms. The normalized spacial score (nSPS) is 12.1. The van der Waals surface area contributed by atoms with Gasteiger partial charge in [-0.15, -0.1) is 11.3 Å². The Bertz CT molecular complexity index is 1030. The molecule has 0 aliphatic carbocycles. The van der Waals surface area contributed by atoms with Gasteiger partial charge in [0.1, 0.15) is 11.0 Å². The van der Waals surface area contributed by atoms with E-state index in [1.165, 1.54) is 5.56 Å². The molecule has 1 unspecified atom stereocenters. The number of carbonyl (C=O) groups is 2. The summed E-state index contributed by atoms with van der Waals surface area (Å²) < 4.78 is 1.15. The maximum Gasteiger partial charge on any atom is 0.321 e. The van der Waals surface area contributed by atoms with Crippen LogP contribution in [-0.4, -0.2) is 34.6 Å². The number of amides is 1. The van der Waals surface area contributed by atoms with E-state index in [4.69, 9.17) is 0 Å². The van der Waals surface area contributed by atoms with Crippen LogP contribution in [-0.2, 0) is 9.59 Å². The number of nitrogens with one attached hydrogen (secondary N) is 2. The van der Waals surface area contributed by atoms with Crippen LogP contribution in [0.4, 0.5) is 5.69 Å². The molecular weight excluding hydrogens is 410 g/mol. The summed E-state index contributed by atoms with van der Waals surface area (Å²) in [6.07, 6.45) is 4.12. The van der Waals surface area contributed by atoms with E-state index in [9.17, 15) is 14.7 Å². The number of hydrogen-bond acceptors (Lipinski definition) is 5. The van der Waals surface area contributed by atoms with Gasteiger partial charge >= 0.3 is 5.97 Å². The molecule has 164 valence electrons. The fourth-order valence-corrected chi connectivity index (χ4v) is 4.39. The summed E-state index contributed by atoms with van der Waals surface area (Å²) in [5.41, 5.74) is 3.80. The number of unbranched alkanes of at least 4 members (excludes halogenated alkanes) is 3. The summed E-state index contributed by atoms with van der Waals surface area (Å²) in [5.74, 6) is -1.33. The van der Waals surface area contributed by atoms with Crippen LogP contribution in [0, 0.1) is 6.92 Å². The second-order valence-corrected chi connectivity index (χ2v) is 8.76. The number of rotatable bonds is 11. The fraction of sp³-hybridized carbons (Fsp3) is 0.375. The van der Waals surface area contributed by atoms with Crippen LogP contribution in [0.2, 0.25) is 0 Å². The topological polar surface area (TPSA) is 91.3 Å². The van der Waals surface area contributed by atoms with Crippen LogP contribution < -0.4 is 10.6 Å². The fourth-order valence-electron chi connectivity index (χ4n) is 3.32. The number of aromatic nitrogens is 1. The average Bonchev–Trinajstić information content (AvgIpc) is 3.16. The summed E-state index contributed by atoms with van der Waals surface area (Å²) in [4.78, 5) is 28.5. The molecule has 3 aromatic rings. The van der Waals surface area contributed by atoms with Crippen molar-refractivity contribution in [3.8, 4) is 10.6 Å². The van der Waals surface area contributed by atoms with Crippen molar-refractivity contribution in [1.82, 2.24) is 10.3 Å². The van der Waals surface area contributed by atoms with E-state index >= 15 is 0 Å². The minimum atomic E-state index is -1.01. The number of fused-ring (bicyclic) bond motifs is 1. The van der Waals surface area contributed by atoms with Crippen LogP contribution in [0.15, 0.2) is 42.5 Å². The largest absolute Gasteiger partial charge is 0.480 e. The SMILES string of the molecule is CCCCCCNC(CC(=O)Nc1ccc(-c2nc3ccc(C)cc3s2)cc1)C(=O)O. The molecular formula is C24H29N3O3S. The van der Waals surface area contributed by atoms with Crippen molar-refractivity contribution in [3.63, 3.8) is 0 Å². The van der Waals surface area contributed by atoms with Crippen molar-refractivity contribution in [2.45, 2.75) is 52.0 Å². The van der Waals surface area contributed by atoms with E-state index in [0.717, 1.165) is 46.5 Å². The first-order chi connectivity index (χ1) is 15.0. The van der Waals surface area contributed by atoms with E-state index in [-0.39, 0.29) is 12.3 Å². The summed E-state index contributed by atoms with van der Waals surface area (Å²) in [6.45, 7) is 4.79. The number of nitrogens with zero attached hydrogens (tertiary/aromatic N) is 1. The molecule has 0 aliphatic rings. The second-order valence-electron chi connectivity index (χ2n) is 7.73. The van der Waals surface area contributed by atoms with Crippen LogP contribution in [0.3, 0.4) is 0 Å². The quantitative estimate of drug-likeness (QED) is 0.356. The molecule has 0 fully saturated rings. The van der Waals surface area contributed by atoms with Gasteiger partial charge in [-0.3, -0.25) is 9.59 Å². The number of carboxylic acids is 1. The van der Waals surface area contributed by atoms with Crippen LogP contribution in [0.1, 0.15) is 44.6 Å². The van der Waals surface area contributed by atoms with E-state index in [1.807, 2.05) is 30.3 Å². The number of anilines is 1. The molecule has 3 N–H and O–H groups in total. The number of carboxylic acid groups (broad SMARTS) is 1. The molecule has 1 aromatic heterocycles. The van der Waals surface area contributed by atoms with Crippen LogP contribution >= 0.6 is 11.3 Å². The highest BCUT2D eigenvalue weighted by atomic mass is 32.1. The highest BCUT2D eigenvalue weighted by Crippen LogP contribution is 2.31. The molecule has 7 heteroatoms.